The summed E-state index contributed by atoms with van der Waals surface area (Å²) in [4.78, 5) is 6.10. The van der Waals surface area contributed by atoms with Gasteiger partial charge in [0.2, 0.25) is 0 Å². The van der Waals surface area contributed by atoms with Gasteiger partial charge in [0, 0.05) is 13.2 Å². The molecule has 114 valence electrons. The Morgan fingerprint density at radius 1 is 1.24 bits per heavy atom. The van der Waals surface area contributed by atoms with Crippen LogP contribution in [0.3, 0.4) is 0 Å². The summed E-state index contributed by atoms with van der Waals surface area (Å²) >= 11 is 1.76. The van der Waals surface area contributed by atoms with Crippen LogP contribution >= 0.6 is 11.3 Å². The molecule has 2 rings (SSSR count). The highest BCUT2D eigenvalue weighted by Gasteiger charge is 2.19. The molecule has 1 heterocycles. The Bertz CT molecular complexity index is 533. The van der Waals surface area contributed by atoms with Crippen LogP contribution < -0.4 is 5.32 Å². The lowest BCUT2D eigenvalue weighted by Gasteiger charge is -2.12. The zero-order valence-corrected chi connectivity index (χ0v) is 13.9. The van der Waals surface area contributed by atoms with Crippen LogP contribution in [0.4, 0.5) is 0 Å². The zero-order valence-electron chi connectivity index (χ0n) is 13.1. The summed E-state index contributed by atoms with van der Waals surface area (Å²) in [5.74, 6) is 0. The van der Waals surface area contributed by atoms with Gasteiger partial charge in [-0.2, -0.15) is 0 Å². The monoisotopic (exact) mass is 304 g/mol. The van der Waals surface area contributed by atoms with Gasteiger partial charge in [-0.05, 0) is 26.0 Å². The fourth-order valence-corrected chi connectivity index (χ4v) is 3.52. The molecule has 3 nitrogen and oxygen atoms in total. The number of thiazole rings is 1. The van der Waals surface area contributed by atoms with Crippen LogP contribution in [0.2, 0.25) is 0 Å². The molecule has 0 saturated heterocycles. The molecular weight excluding hydrogens is 280 g/mol. The summed E-state index contributed by atoms with van der Waals surface area (Å²) < 4.78 is 5.88. The number of benzene rings is 1. The molecule has 1 atom stereocenters. The second-order valence-corrected chi connectivity index (χ2v) is 5.99. The minimum atomic E-state index is 0.123. The van der Waals surface area contributed by atoms with E-state index in [1.165, 1.54) is 10.4 Å². The van der Waals surface area contributed by atoms with Crippen molar-refractivity contribution in [1.29, 1.82) is 0 Å². The molecule has 0 radical (unpaired) electrons. The summed E-state index contributed by atoms with van der Waals surface area (Å²) in [6.45, 7) is 5.74. The third-order valence-corrected chi connectivity index (χ3v) is 4.53. The Kier molecular flexibility index (Phi) is 6.36. The van der Waals surface area contributed by atoms with Gasteiger partial charge in [-0.25, -0.2) is 4.98 Å². The maximum Gasteiger partial charge on any atom is 0.122 e. The largest absolute Gasteiger partial charge is 0.371 e. The summed E-state index contributed by atoms with van der Waals surface area (Å²) in [5, 5.41) is 4.31. The highest BCUT2D eigenvalue weighted by Crippen LogP contribution is 2.35. The predicted molar refractivity (Wildman–Crippen MR) is 89.6 cm³/mol. The third-order valence-electron chi connectivity index (χ3n) is 3.29. The zero-order chi connectivity index (χ0) is 15.1. The molecule has 0 fully saturated rings. The van der Waals surface area contributed by atoms with Crippen molar-refractivity contribution in [2.24, 2.45) is 0 Å². The lowest BCUT2D eigenvalue weighted by atomic mass is 10.1. The minimum Gasteiger partial charge on any atom is -0.371 e. The van der Waals surface area contributed by atoms with Gasteiger partial charge in [0.15, 0.2) is 0 Å². The number of hydrogen-bond acceptors (Lipinski definition) is 4. The Hall–Kier alpha value is -1.23. The van der Waals surface area contributed by atoms with Crippen molar-refractivity contribution in [3.63, 3.8) is 0 Å². The summed E-state index contributed by atoms with van der Waals surface area (Å²) in [6, 6.07) is 10.5. The molecule has 1 aromatic heterocycles. The number of ether oxygens (including phenoxy) is 1. The van der Waals surface area contributed by atoms with E-state index in [0.29, 0.717) is 0 Å². The van der Waals surface area contributed by atoms with Gasteiger partial charge in [-0.15, -0.1) is 11.3 Å². The van der Waals surface area contributed by atoms with Crippen LogP contribution in [0.1, 0.15) is 43.5 Å². The van der Waals surface area contributed by atoms with Crippen LogP contribution in [0.5, 0.6) is 0 Å². The second-order valence-electron chi connectivity index (χ2n) is 4.96. The lowest BCUT2D eigenvalue weighted by Crippen LogP contribution is -2.08. The molecule has 0 spiro atoms. The van der Waals surface area contributed by atoms with Crippen molar-refractivity contribution in [2.45, 2.75) is 39.3 Å². The minimum absolute atomic E-state index is 0.123. The van der Waals surface area contributed by atoms with Crippen molar-refractivity contribution in [3.8, 4) is 10.4 Å². The smallest absolute Gasteiger partial charge is 0.122 e. The average molecular weight is 304 g/mol. The third kappa shape index (κ3) is 4.13. The fraction of sp³-hybridized carbons (Fsp3) is 0.471. The number of hydrogen-bond donors (Lipinski definition) is 1. The fourth-order valence-electron chi connectivity index (χ4n) is 2.35. The first-order chi connectivity index (χ1) is 10.3. The molecule has 1 unspecified atom stereocenters. The summed E-state index contributed by atoms with van der Waals surface area (Å²) in [6.07, 6.45) is 2.25. The van der Waals surface area contributed by atoms with E-state index >= 15 is 0 Å². The van der Waals surface area contributed by atoms with Crippen LogP contribution in [0.15, 0.2) is 30.3 Å². The molecule has 2 aromatic rings. The molecule has 4 heteroatoms. The van der Waals surface area contributed by atoms with Crippen LogP contribution in [0, 0.1) is 0 Å². The Labute approximate surface area is 131 Å². The van der Waals surface area contributed by atoms with Gasteiger partial charge < -0.3 is 10.1 Å². The van der Waals surface area contributed by atoms with Crippen LogP contribution in [0.25, 0.3) is 10.4 Å². The Balaban J connectivity index is 2.36. The van der Waals surface area contributed by atoms with E-state index in [1.807, 2.05) is 20.0 Å². The highest BCUT2D eigenvalue weighted by molar-refractivity contribution is 7.15. The quantitative estimate of drug-likeness (QED) is 0.784. The van der Waals surface area contributed by atoms with Gasteiger partial charge in [0.25, 0.3) is 0 Å². The van der Waals surface area contributed by atoms with Crippen molar-refractivity contribution in [1.82, 2.24) is 10.3 Å². The predicted octanol–water partition coefficient (Wildman–Crippen LogP) is 4.41. The highest BCUT2D eigenvalue weighted by atomic mass is 32.1. The number of aromatic nitrogens is 1. The van der Waals surface area contributed by atoms with Gasteiger partial charge in [0.05, 0.1) is 10.6 Å². The Morgan fingerprint density at radius 3 is 2.62 bits per heavy atom. The first-order valence-corrected chi connectivity index (χ1v) is 8.43. The molecule has 1 N–H and O–H groups in total. The van der Waals surface area contributed by atoms with E-state index in [2.05, 4.69) is 36.5 Å². The van der Waals surface area contributed by atoms with Crippen molar-refractivity contribution < 1.29 is 4.74 Å². The lowest BCUT2D eigenvalue weighted by molar-refractivity contribution is 0.0554. The maximum absolute atomic E-state index is 5.88. The molecule has 0 aliphatic carbocycles. The number of nitrogens with one attached hydrogen (secondary N) is 1. The number of rotatable bonds is 8. The van der Waals surface area contributed by atoms with Crippen molar-refractivity contribution in [2.75, 3.05) is 13.7 Å². The molecule has 1 aromatic carbocycles. The van der Waals surface area contributed by atoms with Crippen LogP contribution in [-0.4, -0.2) is 18.6 Å². The Morgan fingerprint density at radius 2 is 2.00 bits per heavy atom. The SMILES string of the molecule is CCCC(OCC)c1nc(CNC)c(-c2ccccc2)s1. The van der Waals surface area contributed by atoms with E-state index in [0.717, 1.165) is 36.7 Å². The van der Waals surface area contributed by atoms with Gasteiger partial charge >= 0.3 is 0 Å². The molecule has 0 saturated carbocycles. The molecule has 0 aliphatic heterocycles. The number of nitrogens with zero attached hydrogens (tertiary/aromatic N) is 1. The first kappa shape index (κ1) is 16.1. The van der Waals surface area contributed by atoms with Crippen molar-refractivity contribution >= 4 is 11.3 Å². The molecule has 21 heavy (non-hydrogen) atoms. The maximum atomic E-state index is 5.88. The van der Waals surface area contributed by atoms with E-state index in [1.54, 1.807) is 11.3 Å². The average Bonchev–Trinajstić information content (AvgIpc) is 2.92. The standard InChI is InChI=1S/C17H24N2OS/c1-4-9-15(20-5-2)17-19-14(12-18-3)16(21-17)13-10-7-6-8-11-13/h6-8,10-11,15,18H,4-5,9,12H2,1-3H3. The van der Waals surface area contributed by atoms with Crippen molar-refractivity contribution in [3.05, 3.63) is 41.0 Å². The van der Waals surface area contributed by atoms with Gasteiger partial charge in [-0.3, -0.25) is 0 Å². The summed E-state index contributed by atoms with van der Waals surface area (Å²) in [7, 11) is 1.96. The van der Waals surface area contributed by atoms with E-state index < -0.39 is 0 Å². The van der Waals surface area contributed by atoms with E-state index in [4.69, 9.17) is 9.72 Å². The normalized spacial score (nSPS) is 12.5. The molecule has 0 amide bonds. The summed E-state index contributed by atoms with van der Waals surface area (Å²) in [5.41, 5.74) is 2.35. The molecular formula is C17H24N2OS. The van der Waals surface area contributed by atoms with E-state index in [9.17, 15) is 0 Å². The topological polar surface area (TPSA) is 34.1 Å². The van der Waals surface area contributed by atoms with E-state index in [-0.39, 0.29) is 6.10 Å². The molecule has 0 bridgehead atoms. The first-order valence-electron chi connectivity index (χ1n) is 7.61. The second kappa shape index (κ2) is 8.27. The van der Waals surface area contributed by atoms with Crippen LogP contribution in [-0.2, 0) is 11.3 Å². The molecule has 0 aliphatic rings. The van der Waals surface area contributed by atoms with Gasteiger partial charge in [-0.1, -0.05) is 43.7 Å². The van der Waals surface area contributed by atoms with Gasteiger partial charge in [0.1, 0.15) is 11.1 Å².